The smallest absolute Gasteiger partial charge is 0.181 e. The van der Waals surface area contributed by atoms with Gasteiger partial charge in [-0.2, -0.15) is 0 Å². The predicted octanol–water partition coefficient (Wildman–Crippen LogP) is 4.72. The summed E-state index contributed by atoms with van der Waals surface area (Å²) in [4.78, 5) is 33.8. The van der Waals surface area contributed by atoms with Crippen LogP contribution in [0.5, 0.6) is 0 Å². The molecule has 0 radical (unpaired) electrons. The maximum atomic E-state index is 12.7. The first kappa shape index (κ1) is 18.6. The molecule has 0 amide bonds. The summed E-state index contributed by atoms with van der Waals surface area (Å²) < 4.78 is 0. The van der Waals surface area contributed by atoms with Crippen molar-refractivity contribution in [2.45, 2.75) is 32.6 Å². The van der Waals surface area contributed by atoms with Gasteiger partial charge in [0.05, 0.1) is 0 Å². The van der Waals surface area contributed by atoms with Crippen molar-refractivity contribution < 1.29 is 9.59 Å². The second kappa shape index (κ2) is 8.49. The Kier molecular flexibility index (Phi) is 5.87. The van der Waals surface area contributed by atoms with E-state index in [1.807, 2.05) is 13.8 Å². The van der Waals surface area contributed by atoms with Crippen molar-refractivity contribution in [3.63, 3.8) is 0 Å². The van der Waals surface area contributed by atoms with Gasteiger partial charge < -0.3 is 0 Å². The zero-order valence-corrected chi connectivity index (χ0v) is 15.6. The molecule has 0 N–H and O–H groups in total. The number of ketones is 2. The van der Waals surface area contributed by atoms with E-state index < -0.39 is 0 Å². The zero-order valence-electron chi connectivity index (χ0n) is 15.6. The fourth-order valence-electron chi connectivity index (χ4n) is 3.27. The molecule has 0 spiro atoms. The van der Waals surface area contributed by atoms with E-state index >= 15 is 0 Å². The number of nitrogens with zero attached hydrogens (tertiary/aromatic N) is 2. The highest BCUT2D eigenvalue weighted by molar-refractivity contribution is 5.97. The third-order valence-electron chi connectivity index (χ3n) is 4.48. The van der Waals surface area contributed by atoms with Crippen LogP contribution in [-0.2, 0) is 0 Å². The molecular formula is C23H22N2O2. The Bertz CT molecular complexity index is 863. The molecule has 0 saturated carbocycles. The van der Waals surface area contributed by atoms with Crippen LogP contribution in [0.1, 0.15) is 56.4 Å². The monoisotopic (exact) mass is 358 g/mol. The number of aromatic nitrogens is 2. The Morgan fingerprint density at radius 2 is 1.26 bits per heavy atom. The van der Waals surface area contributed by atoms with Gasteiger partial charge in [0.15, 0.2) is 11.6 Å². The highest BCUT2D eigenvalue weighted by Crippen LogP contribution is 2.28. The van der Waals surface area contributed by atoms with Crippen LogP contribution in [0.3, 0.4) is 0 Å². The van der Waals surface area contributed by atoms with Crippen molar-refractivity contribution >= 4 is 11.6 Å². The third-order valence-corrected chi connectivity index (χ3v) is 4.48. The molecule has 3 rings (SSSR count). The molecule has 27 heavy (non-hydrogen) atoms. The van der Waals surface area contributed by atoms with E-state index in [-0.39, 0.29) is 30.3 Å². The van der Waals surface area contributed by atoms with Crippen LogP contribution in [0.2, 0.25) is 0 Å². The Morgan fingerprint density at radius 1 is 0.778 bits per heavy atom. The molecule has 0 aliphatic rings. The van der Waals surface area contributed by atoms with Gasteiger partial charge >= 0.3 is 0 Å². The lowest BCUT2D eigenvalue weighted by Crippen LogP contribution is -2.14. The van der Waals surface area contributed by atoms with E-state index in [0.717, 1.165) is 16.7 Å². The maximum Gasteiger partial charge on any atom is 0.181 e. The van der Waals surface area contributed by atoms with Crippen molar-refractivity contribution in [2.24, 2.45) is 0 Å². The van der Waals surface area contributed by atoms with Gasteiger partial charge in [0, 0.05) is 25.2 Å². The van der Waals surface area contributed by atoms with E-state index in [0.29, 0.717) is 11.4 Å². The topological polar surface area (TPSA) is 59.9 Å². The molecule has 1 aromatic carbocycles. The summed E-state index contributed by atoms with van der Waals surface area (Å²) in [6.07, 6.45) is 3.69. The lowest BCUT2D eigenvalue weighted by Gasteiger charge is -2.17. The molecule has 2 aromatic heterocycles. The molecule has 0 aliphatic carbocycles. The second-order valence-corrected chi connectivity index (χ2v) is 6.80. The number of carbonyl (C=O) groups is 2. The van der Waals surface area contributed by atoms with E-state index in [4.69, 9.17) is 0 Å². The van der Waals surface area contributed by atoms with Crippen LogP contribution >= 0.6 is 0 Å². The molecule has 2 heterocycles. The summed E-state index contributed by atoms with van der Waals surface area (Å²) in [7, 11) is 0. The molecule has 4 heteroatoms. The molecule has 3 aromatic rings. The van der Waals surface area contributed by atoms with Gasteiger partial charge in [-0.05, 0) is 49.6 Å². The zero-order chi connectivity index (χ0) is 19.2. The number of Topliss-reactive ketones (excluding diaryl/α,β-unsaturated/α-hetero) is 2. The van der Waals surface area contributed by atoms with Gasteiger partial charge in [0.25, 0.3) is 0 Å². The molecule has 4 nitrogen and oxygen atoms in total. The number of hydrogen-bond donors (Lipinski definition) is 0. The van der Waals surface area contributed by atoms with Crippen molar-refractivity contribution in [3.05, 3.63) is 95.1 Å². The van der Waals surface area contributed by atoms with Crippen LogP contribution in [0.15, 0.2) is 67.0 Å². The minimum atomic E-state index is -0.215. The van der Waals surface area contributed by atoms with Gasteiger partial charge in [-0.3, -0.25) is 19.6 Å². The fourth-order valence-corrected chi connectivity index (χ4v) is 3.27. The summed E-state index contributed by atoms with van der Waals surface area (Å²) in [6.45, 7) is 4.05. The van der Waals surface area contributed by atoms with Crippen LogP contribution < -0.4 is 0 Å². The minimum Gasteiger partial charge on any atom is -0.292 e. The standard InChI is InChI=1S/C23H22N2O2/c1-16-11-17(2)13-18(12-16)19(14-22(26)20-7-3-5-9-24-20)15-23(27)21-8-4-6-10-25-21/h3-13,19H,14-15H2,1-2H3. The summed E-state index contributed by atoms with van der Waals surface area (Å²) in [5.74, 6) is -0.338. The largest absolute Gasteiger partial charge is 0.292 e. The van der Waals surface area contributed by atoms with Gasteiger partial charge in [0.2, 0.25) is 0 Å². The molecule has 0 bridgehead atoms. The van der Waals surface area contributed by atoms with E-state index in [9.17, 15) is 9.59 Å². The van der Waals surface area contributed by atoms with Gasteiger partial charge in [0.1, 0.15) is 11.4 Å². The summed E-state index contributed by atoms with van der Waals surface area (Å²) >= 11 is 0. The SMILES string of the molecule is Cc1cc(C)cc(C(CC(=O)c2ccccn2)CC(=O)c2ccccn2)c1. The summed E-state index contributed by atoms with van der Waals surface area (Å²) in [6, 6.07) is 16.8. The number of aryl methyl sites for hydroxylation is 2. The Hall–Kier alpha value is -3.14. The molecule has 0 aliphatic heterocycles. The lowest BCUT2D eigenvalue weighted by atomic mass is 9.86. The highest BCUT2D eigenvalue weighted by Gasteiger charge is 2.22. The molecular weight excluding hydrogens is 336 g/mol. The fraction of sp³-hybridized carbons (Fsp3) is 0.217. The molecule has 0 atom stereocenters. The number of benzene rings is 1. The Labute approximate surface area is 159 Å². The van der Waals surface area contributed by atoms with Crippen molar-refractivity contribution in [1.82, 2.24) is 9.97 Å². The van der Waals surface area contributed by atoms with Crippen LogP contribution in [0.25, 0.3) is 0 Å². The maximum absolute atomic E-state index is 12.7. The number of pyridine rings is 2. The summed E-state index contributed by atoms with van der Waals surface area (Å²) in [5, 5.41) is 0. The first-order valence-corrected chi connectivity index (χ1v) is 8.99. The van der Waals surface area contributed by atoms with Gasteiger partial charge in [-0.1, -0.05) is 41.5 Å². The number of carbonyl (C=O) groups excluding carboxylic acids is 2. The van der Waals surface area contributed by atoms with Crippen molar-refractivity contribution in [1.29, 1.82) is 0 Å². The minimum absolute atomic E-state index is 0.0615. The van der Waals surface area contributed by atoms with Crippen LogP contribution in [0, 0.1) is 13.8 Å². The molecule has 0 unspecified atom stereocenters. The van der Waals surface area contributed by atoms with Crippen molar-refractivity contribution in [2.75, 3.05) is 0 Å². The van der Waals surface area contributed by atoms with E-state index in [2.05, 4.69) is 28.2 Å². The first-order chi connectivity index (χ1) is 13.0. The third kappa shape index (κ3) is 4.94. The van der Waals surface area contributed by atoms with Gasteiger partial charge in [-0.25, -0.2) is 0 Å². The highest BCUT2D eigenvalue weighted by atomic mass is 16.1. The first-order valence-electron chi connectivity index (χ1n) is 8.99. The second-order valence-electron chi connectivity index (χ2n) is 6.80. The lowest BCUT2D eigenvalue weighted by molar-refractivity contribution is 0.0939. The predicted molar refractivity (Wildman–Crippen MR) is 105 cm³/mol. The van der Waals surface area contributed by atoms with Gasteiger partial charge in [-0.15, -0.1) is 0 Å². The molecule has 0 fully saturated rings. The van der Waals surface area contributed by atoms with Crippen LogP contribution in [0.4, 0.5) is 0 Å². The molecule has 136 valence electrons. The average Bonchev–Trinajstić information content (AvgIpc) is 2.68. The quantitative estimate of drug-likeness (QED) is 0.573. The number of rotatable bonds is 7. The Morgan fingerprint density at radius 3 is 1.67 bits per heavy atom. The normalized spacial score (nSPS) is 10.8. The van der Waals surface area contributed by atoms with E-state index in [1.165, 1.54) is 0 Å². The average molecular weight is 358 g/mol. The van der Waals surface area contributed by atoms with Crippen LogP contribution in [-0.4, -0.2) is 21.5 Å². The Balaban J connectivity index is 1.88. The van der Waals surface area contributed by atoms with Crippen molar-refractivity contribution in [3.8, 4) is 0 Å². The number of hydrogen-bond acceptors (Lipinski definition) is 4. The van der Waals surface area contributed by atoms with E-state index in [1.54, 1.807) is 48.8 Å². The molecule has 0 saturated heterocycles. The summed E-state index contributed by atoms with van der Waals surface area (Å²) in [5.41, 5.74) is 4.09.